The number of nitrogens with two attached hydrogens (primary N) is 1. The molecule has 4 nitrogen and oxygen atoms in total. The Kier molecular flexibility index (Phi) is 5.54. The molecule has 1 aliphatic heterocycles. The van der Waals surface area contributed by atoms with Crippen molar-refractivity contribution < 1.29 is 4.74 Å². The Labute approximate surface area is 146 Å². The lowest BCUT2D eigenvalue weighted by atomic mass is 10.0. The quantitative estimate of drug-likeness (QED) is 0.898. The lowest BCUT2D eigenvalue weighted by molar-refractivity contribution is 0.122. The Balaban J connectivity index is 1.87. The third-order valence-electron chi connectivity index (χ3n) is 4.15. The van der Waals surface area contributed by atoms with E-state index in [1.54, 1.807) is 11.3 Å². The van der Waals surface area contributed by atoms with Crippen LogP contribution < -0.4 is 10.6 Å². The Bertz CT molecular complexity index is 668. The molecule has 124 valence electrons. The van der Waals surface area contributed by atoms with Gasteiger partial charge in [0.15, 0.2) is 5.13 Å². The van der Waals surface area contributed by atoms with Gasteiger partial charge in [0.1, 0.15) is 0 Å². The second-order valence-electron chi connectivity index (χ2n) is 5.58. The van der Waals surface area contributed by atoms with Crippen LogP contribution in [0.2, 0.25) is 5.02 Å². The number of hydrogen-bond acceptors (Lipinski definition) is 5. The molecule has 23 heavy (non-hydrogen) atoms. The number of anilines is 1. The summed E-state index contributed by atoms with van der Waals surface area (Å²) in [5.41, 5.74) is 9.22. The number of aromatic nitrogens is 1. The minimum absolute atomic E-state index is 0.455. The molecule has 3 rings (SSSR count). The third-order valence-corrected chi connectivity index (χ3v) is 5.80. The van der Waals surface area contributed by atoms with Gasteiger partial charge in [0, 0.05) is 36.0 Å². The Morgan fingerprint density at radius 1 is 1.35 bits per heavy atom. The van der Waals surface area contributed by atoms with Crippen molar-refractivity contribution in [3.05, 3.63) is 44.9 Å². The van der Waals surface area contributed by atoms with Crippen LogP contribution in [-0.2, 0) is 24.1 Å². The number of benzene rings is 1. The van der Waals surface area contributed by atoms with Crippen LogP contribution in [-0.4, -0.2) is 31.3 Å². The molecule has 1 fully saturated rings. The molecular weight excluding hydrogens is 330 g/mol. The van der Waals surface area contributed by atoms with Crippen molar-refractivity contribution in [1.82, 2.24) is 4.98 Å². The predicted octanol–water partition coefficient (Wildman–Crippen LogP) is 3.25. The maximum atomic E-state index is 6.28. The van der Waals surface area contributed by atoms with E-state index >= 15 is 0 Å². The zero-order chi connectivity index (χ0) is 16.2. The largest absolute Gasteiger partial charge is 0.378 e. The molecule has 2 aromatic rings. The first kappa shape index (κ1) is 16.7. The van der Waals surface area contributed by atoms with Crippen molar-refractivity contribution in [3.8, 4) is 0 Å². The topological polar surface area (TPSA) is 51.4 Å². The number of morpholine rings is 1. The average Bonchev–Trinajstić information content (AvgIpc) is 2.99. The summed E-state index contributed by atoms with van der Waals surface area (Å²) in [6, 6.07) is 5.98. The highest BCUT2D eigenvalue weighted by Crippen LogP contribution is 2.30. The summed E-state index contributed by atoms with van der Waals surface area (Å²) in [5.74, 6) is 0. The van der Waals surface area contributed by atoms with E-state index in [1.807, 2.05) is 12.1 Å². The molecule has 1 aromatic heterocycles. The molecule has 1 saturated heterocycles. The molecular formula is C17H22ClN3OS. The minimum atomic E-state index is 0.455. The van der Waals surface area contributed by atoms with Crippen LogP contribution in [0.25, 0.3) is 0 Å². The molecule has 1 aliphatic rings. The van der Waals surface area contributed by atoms with Gasteiger partial charge in [-0.15, -0.1) is 11.3 Å². The van der Waals surface area contributed by atoms with Crippen LogP contribution >= 0.6 is 22.9 Å². The number of nitrogens with zero attached hydrogens (tertiary/aromatic N) is 2. The van der Waals surface area contributed by atoms with Gasteiger partial charge in [-0.1, -0.05) is 30.7 Å². The van der Waals surface area contributed by atoms with Gasteiger partial charge in [0.05, 0.1) is 18.9 Å². The normalized spacial score (nSPS) is 15.2. The number of thiazole rings is 1. The number of ether oxygens (including phenoxy) is 1. The molecule has 2 heterocycles. The van der Waals surface area contributed by atoms with Crippen LogP contribution in [0.15, 0.2) is 18.2 Å². The van der Waals surface area contributed by atoms with E-state index in [9.17, 15) is 0 Å². The van der Waals surface area contributed by atoms with Gasteiger partial charge in [0.2, 0.25) is 0 Å². The van der Waals surface area contributed by atoms with E-state index in [2.05, 4.69) is 17.9 Å². The van der Waals surface area contributed by atoms with Gasteiger partial charge >= 0.3 is 0 Å². The van der Waals surface area contributed by atoms with Gasteiger partial charge in [-0.25, -0.2) is 4.98 Å². The SMILES string of the molecule is CCc1sc(N2CCOCC2)nc1Cc1cccc(Cl)c1CN. The fourth-order valence-corrected chi connectivity index (χ4v) is 4.19. The van der Waals surface area contributed by atoms with Gasteiger partial charge in [-0.2, -0.15) is 0 Å². The summed E-state index contributed by atoms with van der Waals surface area (Å²) >= 11 is 8.07. The lowest BCUT2D eigenvalue weighted by Gasteiger charge is -2.26. The van der Waals surface area contributed by atoms with Crippen molar-refractivity contribution in [2.24, 2.45) is 5.73 Å². The monoisotopic (exact) mass is 351 g/mol. The predicted molar refractivity (Wildman–Crippen MR) is 96.7 cm³/mol. The highest BCUT2D eigenvalue weighted by atomic mass is 35.5. The Morgan fingerprint density at radius 3 is 2.83 bits per heavy atom. The molecule has 0 radical (unpaired) electrons. The number of hydrogen-bond donors (Lipinski definition) is 1. The van der Waals surface area contributed by atoms with Crippen LogP contribution in [0, 0.1) is 0 Å². The Morgan fingerprint density at radius 2 is 2.13 bits per heavy atom. The molecule has 0 bridgehead atoms. The molecule has 0 aliphatic carbocycles. The molecule has 2 N–H and O–H groups in total. The zero-order valence-electron chi connectivity index (χ0n) is 13.3. The van der Waals surface area contributed by atoms with E-state index in [0.29, 0.717) is 6.54 Å². The van der Waals surface area contributed by atoms with Crippen molar-refractivity contribution in [2.45, 2.75) is 26.3 Å². The van der Waals surface area contributed by atoms with Crippen LogP contribution in [0.5, 0.6) is 0 Å². The van der Waals surface area contributed by atoms with Crippen LogP contribution in [0.3, 0.4) is 0 Å². The number of halogens is 1. The fraction of sp³-hybridized carbons (Fsp3) is 0.471. The maximum Gasteiger partial charge on any atom is 0.185 e. The van der Waals surface area contributed by atoms with E-state index < -0.39 is 0 Å². The summed E-state index contributed by atoms with van der Waals surface area (Å²) < 4.78 is 5.43. The minimum Gasteiger partial charge on any atom is -0.378 e. The maximum absolute atomic E-state index is 6.28. The molecule has 0 amide bonds. The highest BCUT2D eigenvalue weighted by molar-refractivity contribution is 7.15. The van der Waals surface area contributed by atoms with Crippen molar-refractivity contribution >= 4 is 28.1 Å². The van der Waals surface area contributed by atoms with Crippen molar-refractivity contribution in [2.75, 3.05) is 31.2 Å². The molecule has 6 heteroatoms. The number of rotatable bonds is 5. The number of aryl methyl sites for hydroxylation is 1. The first-order chi connectivity index (χ1) is 11.2. The lowest BCUT2D eigenvalue weighted by Crippen LogP contribution is -2.36. The summed E-state index contributed by atoms with van der Waals surface area (Å²) in [7, 11) is 0. The van der Waals surface area contributed by atoms with Crippen LogP contribution in [0.1, 0.15) is 28.6 Å². The fourth-order valence-electron chi connectivity index (χ4n) is 2.85. The first-order valence-corrected chi connectivity index (χ1v) is 9.20. The molecule has 1 aromatic carbocycles. The van der Waals surface area contributed by atoms with E-state index in [-0.39, 0.29) is 0 Å². The first-order valence-electron chi connectivity index (χ1n) is 8.00. The highest BCUT2D eigenvalue weighted by Gasteiger charge is 2.19. The summed E-state index contributed by atoms with van der Waals surface area (Å²) in [6.07, 6.45) is 1.78. The molecule has 0 saturated carbocycles. The Hall–Kier alpha value is -1.14. The molecule has 0 atom stereocenters. The van der Waals surface area contributed by atoms with Gasteiger partial charge < -0.3 is 15.4 Å². The summed E-state index contributed by atoms with van der Waals surface area (Å²) in [5, 5.41) is 1.85. The van der Waals surface area contributed by atoms with Crippen LogP contribution in [0.4, 0.5) is 5.13 Å². The summed E-state index contributed by atoms with van der Waals surface area (Å²) in [4.78, 5) is 8.57. The summed E-state index contributed by atoms with van der Waals surface area (Å²) in [6.45, 7) is 6.03. The van der Waals surface area contributed by atoms with Crippen molar-refractivity contribution in [3.63, 3.8) is 0 Å². The van der Waals surface area contributed by atoms with E-state index in [0.717, 1.165) is 60.6 Å². The average molecular weight is 352 g/mol. The van der Waals surface area contributed by atoms with Gasteiger partial charge in [0.25, 0.3) is 0 Å². The standard InChI is InChI=1S/C17H22ClN3OS/c1-2-16-15(10-12-4-3-5-14(18)13(12)11-19)20-17(23-16)21-6-8-22-9-7-21/h3-5H,2,6-11,19H2,1H3. The second-order valence-corrected chi connectivity index (χ2v) is 7.05. The zero-order valence-corrected chi connectivity index (χ0v) is 14.9. The smallest absolute Gasteiger partial charge is 0.185 e. The van der Waals surface area contributed by atoms with Gasteiger partial charge in [-0.3, -0.25) is 0 Å². The van der Waals surface area contributed by atoms with E-state index in [1.165, 1.54) is 10.4 Å². The third kappa shape index (κ3) is 3.69. The molecule has 0 spiro atoms. The van der Waals surface area contributed by atoms with Crippen molar-refractivity contribution in [1.29, 1.82) is 0 Å². The van der Waals surface area contributed by atoms with Gasteiger partial charge in [-0.05, 0) is 23.6 Å². The second kappa shape index (κ2) is 7.62. The molecule has 0 unspecified atom stereocenters. The van der Waals surface area contributed by atoms with E-state index in [4.69, 9.17) is 27.1 Å².